The first kappa shape index (κ1) is 13.6. The Morgan fingerprint density at radius 3 is 2.70 bits per heavy atom. The molecule has 1 atom stereocenters. The third kappa shape index (κ3) is 2.88. The smallest absolute Gasteiger partial charge is 0.226 e. The van der Waals surface area contributed by atoms with E-state index in [1.807, 2.05) is 0 Å². The summed E-state index contributed by atoms with van der Waals surface area (Å²) in [6.45, 7) is 6.97. The van der Waals surface area contributed by atoms with Crippen molar-refractivity contribution in [3.05, 3.63) is 35.4 Å². The van der Waals surface area contributed by atoms with Gasteiger partial charge in [0.1, 0.15) is 0 Å². The molecule has 0 radical (unpaired) electrons. The second-order valence-electron chi connectivity index (χ2n) is 6.39. The van der Waals surface area contributed by atoms with Crippen LogP contribution in [-0.4, -0.2) is 29.9 Å². The van der Waals surface area contributed by atoms with Crippen LogP contribution in [-0.2, 0) is 11.3 Å². The van der Waals surface area contributed by atoms with Crippen molar-refractivity contribution in [2.24, 2.45) is 11.8 Å². The van der Waals surface area contributed by atoms with Crippen molar-refractivity contribution in [1.82, 2.24) is 10.2 Å². The van der Waals surface area contributed by atoms with E-state index in [1.165, 1.54) is 24.0 Å². The van der Waals surface area contributed by atoms with E-state index in [4.69, 9.17) is 0 Å². The number of benzene rings is 1. The molecule has 1 N–H and O–H groups in total. The van der Waals surface area contributed by atoms with Crippen molar-refractivity contribution in [2.45, 2.75) is 39.3 Å². The molecule has 1 aliphatic heterocycles. The predicted octanol–water partition coefficient (Wildman–Crippen LogP) is 2.34. The average Bonchev–Trinajstić information content (AvgIpc) is 3.17. The van der Waals surface area contributed by atoms with Crippen LogP contribution < -0.4 is 5.32 Å². The number of hydrogen-bond donors (Lipinski definition) is 1. The Bertz CT molecular complexity index is 492. The molecule has 1 unspecified atom stereocenters. The molecule has 3 heteroatoms. The Kier molecular flexibility index (Phi) is 3.79. The Morgan fingerprint density at radius 2 is 2.15 bits per heavy atom. The van der Waals surface area contributed by atoms with E-state index in [-0.39, 0.29) is 5.92 Å². The lowest BCUT2D eigenvalue weighted by Crippen LogP contribution is -2.50. The molecule has 2 aliphatic rings. The van der Waals surface area contributed by atoms with Gasteiger partial charge in [-0.25, -0.2) is 0 Å². The average molecular weight is 272 g/mol. The zero-order valence-electron chi connectivity index (χ0n) is 12.4. The third-order valence-electron chi connectivity index (χ3n) is 4.62. The van der Waals surface area contributed by atoms with E-state index < -0.39 is 0 Å². The molecule has 1 heterocycles. The van der Waals surface area contributed by atoms with Gasteiger partial charge in [-0.3, -0.25) is 4.79 Å². The van der Waals surface area contributed by atoms with Crippen LogP contribution in [0, 0.1) is 18.8 Å². The topological polar surface area (TPSA) is 32.3 Å². The molecule has 1 saturated heterocycles. The lowest BCUT2D eigenvalue weighted by Gasteiger charge is -2.35. The van der Waals surface area contributed by atoms with Gasteiger partial charge < -0.3 is 10.2 Å². The fourth-order valence-corrected chi connectivity index (χ4v) is 2.91. The molecule has 0 aromatic heterocycles. The maximum absolute atomic E-state index is 12.7. The number of carbonyl (C=O) groups excluding carboxylic acids is 1. The Morgan fingerprint density at radius 1 is 1.40 bits per heavy atom. The molecule has 1 saturated carbocycles. The molecule has 1 aliphatic carbocycles. The van der Waals surface area contributed by atoms with E-state index in [0.717, 1.165) is 19.6 Å². The quantitative estimate of drug-likeness (QED) is 0.892. The van der Waals surface area contributed by atoms with Crippen LogP contribution in [0.25, 0.3) is 0 Å². The monoisotopic (exact) mass is 272 g/mol. The highest BCUT2D eigenvalue weighted by Crippen LogP contribution is 2.31. The number of rotatable bonds is 5. The van der Waals surface area contributed by atoms with Gasteiger partial charge in [-0.05, 0) is 44.3 Å². The Labute approximate surface area is 121 Å². The van der Waals surface area contributed by atoms with E-state index in [1.54, 1.807) is 0 Å². The molecule has 108 valence electrons. The number of carbonyl (C=O) groups is 1. The van der Waals surface area contributed by atoms with E-state index >= 15 is 0 Å². The summed E-state index contributed by atoms with van der Waals surface area (Å²) < 4.78 is 0. The van der Waals surface area contributed by atoms with Crippen molar-refractivity contribution >= 4 is 5.91 Å². The van der Waals surface area contributed by atoms with Gasteiger partial charge in [0, 0.05) is 18.5 Å². The van der Waals surface area contributed by atoms with Crippen LogP contribution in [0.15, 0.2) is 24.3 Å². The normalized spacial score (nSPS) is 20.3. The molecule has 3 rings (SSSR count). The second kappa shape index (κ2) is 5.57. The van der Waals surface area contributed by atoms with Gasteiger partial charge in [0.15, 0.2) is 0 Å². The number of nitrogens with zero attached hydrogens (tertiary/aromatic N) is 1. The highest BCUT2D eigenvalue weighted by molar-refractivity contribution is 5.79. The van der Waals surface area contributed by atoms with Gasteiger partial charge in [-0.15, -0.1) is 0 Å². The van der Waals surface area contributed by atoms with Gasteiger partial charge in [0.25, 0.3) is 0 Å². The molecule has 1 aromatic rings. The van der Waals surface area contributed by atoms with Gasteiger partial charge in [-0.2, -0.15) is 0 Å². The third-order valence-corrected chi connectivity index (χ3v) is 4.62. The summed E-state index contributed by atoms with van der Waals surface area (Å²) in [6.07, 6.45) is 2.35. The van der Waals surface area contributed by atoms with Crippen LogP contribution in [0.2, 0.25) is 0 Å². The highest BCUT2D eigenvalue weighted by Gasteiger charge is 2.38. The second-order valence-corrected chi connectivity index (χ2v) is 6.39. The molecular weight excluding hydrogens is 248 g/mol. The molecule has 3 nitrogen and oxygen atoms in total. The van der Waals surface area contributed by atoms with Gasteiger partial charge >= 0.3 is 0 Å². The van der Waals surface area contributed by atoms with Crippen molar-refractivity contribution in [3.8, 4) is 0 Å². The van der Waals surface area contributed by atoms with Crippen molar-refractivity contribution < 1.29 is 4.79 Å². The summed E-state index contributed by atoms with van der Waals surface area (Å²) in [7, 11) is 0. The highest BCUT2D eigenvalue weighted by atomic mass is 16.2. The first-order valence-corrected chi connectivity index (χ1v) is 7.72. The SMILES string of the molecule is Cc1cccc(CN(C(=O)C(C)C2CNC2)C2CC2)c1. The molecule has 1 amide bonds. The van der Waals surface area contributed by atoms with Gasteiger partial charge in [0.05, 0.1) is 0 Å². The minimum atomic E-state index is 0.154. The standard InChI is InChI=1S/C17H24N2O/c1-12-4-3-5-14(8-12)11-19(16-6-7-16)17(20)13(2)15-9-18-10-15/h3-5,8,13,15-16,18H,6-7,9-11H2,1-2H3. The predicted molar refractivity (Wildman–Crippen MR) is 80.3 cm³/mol. The van der Waals surface area contributed by atoms with Gasteiger partial charge in [0.2, 0.25) is 5.91 Å². The minimum absolute atomic E-state index is 0.154. The molecule has 0 bridgehead atoms. The number of aryl methyl sites for hydroxylation is 1. The zero-order valence-corrected chi connectivity index (χ0v) is 12.4. The molecule has 2 fully saturated rings. The summed E-state index contributed by atoms with van der Waals surface area (Å²) in [6, 6.07) is 9.00. The minimum Gasteiger partial charge on any atom is -0.335 e. The number of hydrogen-bond acceptors (Lipinski definition) is 2. The van der Waals surface area contributed by atoms with Gasteiger partial charge in [-0.1, -0.05) is 36.8 Å². The Balaban J connectivity index is 1.70. The summed E-state index contributed by atoms with van der Waals surface area (Å²) in [5, 5.41) is 3.27. The summed E-state index contributed by atoms with van der Waals surface area (Å²) in [5.41, 5.74) is 2.52. The molecule has 1 aromatic carbocycles. The summed E-state index contributed by atoms with van der Waals surface area (Å²) in [4.78, 5) is 14.9. The Hall–Kier alpha value is -1.35. The number of amides is 1. The van der Waals surface area contributed by atoms with Crippen LogP contribution in [0.5, 0.6) is 0 Å². The lowest BCUT2D eigenvalue weighted by molar-refractivity contribution is -0.138. The van der Waals surface area contributed by atoms with E-state index in [0.29, 0.717) is 17.9 Å². The first-order chi connectivity index (χ1) is 9.65. The lowest BCUT2D eigenvalue weighted by atomic mass is 9.87. The molecular formula is C17H24N2O. The first-order valence-electron chi connectivity index (χ1n) is 7.72. The molecule has 0 spiro atoms. The van der Waals surface area contributed by atoms with Crippen molar-refractivity contribution in [3.63, 3.8) is 0 Å². The maximum Gasteiger partial charge on any atom is 0.226 e. The van der Waals surface area contributed by atoms with E-state index in [2.05, 4.69) is 48.3 Å². The summed E-state index contributed by atoms with van der Waals surface area (Å²) in [5.74, 6) is 1.03. The summed E-state index contributed by atoms with van der Waals surface area (Å²) >= 11 is 0. The zero-order chi connectivity index (χ0) is 14.1. The largest absolute Gasteiger partial charge is 0.335 e. The van der Waals surface area contributed by atoms with Crippen LogP contribution >= 0.6 is 0 Å². The maximum atomic E-state index is 12.7. The molecule has 20 heavy (non-hydrogen) atoms. The van der Waals surface area contributed by atoms with E-state index in [9.17, 15) is 4.79 Å². The van der Waals surface area contributed by atoms with Crippen molar-refractivity contribution in [2.75, 3.05) is 13.1 Å². The van der Waals surface area contributed by atoms with Crippen LogP contribution in [0.4, 0.5) is 0 Å². The van der Waals surface area contributed by atoms with Crippen LogP contribution in [0.3, 0.4) is 0 Å². The van der Waals surface area contributed by atoms with Crippen LogP contribution in [0.1, 0.15) is 30.9 Å². The number of nitrogens with one attached hydrogen (secondary N) is 1. The fourth-order valence-electron chi connectivity index (χ4n) is 2.91. The fraction of sp³-hybridized carbons (Fsp3) is 0.588. The van der Waals surface area contributed by atoms with Crippen molar-refractivity contribution in [1.29, 1.82) is 0 Å².